The van der Waals surface area contributed by atoms with E-state index in [2.05, 4.69) is 0 Å². The Morgan fingerprint density at radius 1 is 1.39 bits per heavy atom. The minimum Gasteiger partial charge on any atom is -0.478 e. The minimum atomic E-state index is -0.969. The minimum absolute atomic E-state index is 0.211. The molecule has 18 heavy (non-hydrogen) atoms. The Morgan fingerprint density at radius 3 is 2.61 bits per heavy atom. The lowest BCUT2D eigenvalue weighted by Gasteiger charge is -2.08. The van der Waals surface area contributed by atoms with Gasteiger partial charge in [-0.2, -0.15) is 0 Å². The number of benzene rings is 1. The van der Waals surface area contributed by atoms with Crippen molar-refractivity contribution >= 4 is 28.5 Å². The molecule has 0 spiro atoms. The van der Waals surface area contributed by atoms with Gasteiger partial charge in [0, 0.05) is 11.9 Å². The van der Waals surface area contributed by atoms with Crippen molar-refractivity contribution in [1.82, 2.24) is 4.57 Å². The second kappa shape index (κ2) is 4.65. The van der Waals surface area contributed by atoms with Gasteiger partial charge in [-0.3, -0.25) is 0 Å². The number of aryl methyl sites for hydroxylation is 3. The molecule has 1 heterocycles. The molecule has 0 fully saturated rings. The molecule has 1 aromatic carbocycles. The lowest BCUT2D eigenvalue weighted by Crippen LogP contribution is -2.00. The number of carboxylic acids is 1. The molecule has 0 aliphatic rings. The van der Waals surface area contributed by atoms with Gasteiger partial charge in [-0.1, -0.05) is 30.7 Å². The molecule has 0 bridgehead atoms. The molecule has 2 aromatic rings. The Bertz CT molecular complexity index is 628. The topological polar surface area (TPSA) is 42.2 Å². The molecular weight excluding hydrogens is 250 g/mol. The van der Waals surface area contributed by atoms with E-state index in [0.29, 0.717) is 5.15 Å². The number of aromatic carboxylic acids is 1. The maximum atomic E-state index is 11.4. The van der Waals surface area contributed by atoms with E-state index >= 15 is 0 Å². The van der Waals surface area contributed by atoms with Crippen LogP contribution in [0.25, 0.3) is 10.9 Å². The van der Waals surface area contributed by atoms with Crippen molar-refractivity contribution in [3.63, 3.8) is 0 Å². The Kier molecular flexibility index (Phi) is 3.35. The molecule has 96 valence electrons. The number of halogens is 1. The highest BCUT2D eigenvalue weighted by molar-refractivity contribution is 6.35. The third kappa shape index (κ3) is 1.79. The summed E-state index contributed by atoms with van der Waals surface area (Å²) >= 11 is 6.23. The molecule has 0 unspecified atom stereocenters. The predicted molar refractivity (Wildman–Crippen MR) is 73.7 cm³/mol. The van der Waals surface area contributed by atoms with E-state index in [9.17, 15) is 9.90 Å². The summed E-state index contributed by atoms with van der Waals surface area (Å²) in [6, 6.07) is 3.79. The Hall–Kier alpha value is -1.48. The second-order valence-corrected chi connectivity index (χ2v) is 4.88. The van der Waals surface area contributed by atoms with Crippen molar-refractivity contribution in [2.75, 3.05) is 0 Å². The van der Waals surface area contributed by atoms with Gasteiger partial charge in [0.1, 0.15) is 10.7 Å². The van der Waals surface area contributed by atoms with E-state index in [-0.39, 0.29) is 5.56 Å². The molecule has 0 saturated heterocycles. The van der Waals surface area contributed by atoms with Crippen LogP contribution in [0, 0.1) is 13.8 Å². The zero-order chi connectivity index (χ0) is 13.4. The number of fused-ring (bicyclic) bond motifs is 1. The molecule has 1 aromatic heterocycles. The van der Waals surface area contributed by atoms with Crippen molar-refractivity contribution in [3.8, 4) is 0 Å². The zero-order valence-electron chi connectivity index (χ0n) is 10.7. The quantitative estimate of drug-likeness (QED) is 0.911. The summed E-state index contributed by atoms with van der Waals surface area (Å²) in [6.07, 6.45) is 0.913. The third-order valence-corrected chi connectivity index (χ3v) is 3.74. The van der Waals surface area contributed by atoms with E-state index < -0.39 is 5.97 Å². The molecule has 0 aliphatic carbocycles. The molecule has 0 saturated carbocycles. The van der Waals surface area contributed by atoms with Crippen molar-refractivity contribution in [3.05, 3.63) is 34.0 Å². The number of nitrogens with zero attached hydrogens (tertiary/aromatic N) is 1. The summed E-state index contributed by atoms with van der Waals surface area (Å²) in [6.45, 7) is 6.80. The van der Waals surface area contributed by atoms with Gasteiger partial charge in [0.25, 0.3) is 0 Å². The fourth-order valence-electron chi connectivity index (χ4n) is 2.33. The summed E-state index contributed by atoms with van der Waals surface area (Å²) in [5, 5.41) is 10.4. The van der Waals surface area contributed by atoms with Gasteiger partial charge in [0.05, 0.1) is 5.52 Å². The van der Waals surface area contributed by atoms with Crippen LogP contribution in [-0.2, 0) is 6.54 Å². The first kappa shape index (κ1) is 13.0. The first-order valence-corrected chi connectivity index (χ1v) is 6.38. The third-order valence-electron chi connectivity index (χ3n) is 3.35. The zero-order valence-corrected chi connectivity index (χ0v) is 11.5. The van der Waals surface area contributed by atoms with Crippen LogP contribution in [0.5, 0.6) is 0 Å². The highest BCUT2D eigenvalue weighted by Crippen LogP contribution is 2.33. The van der Waals surface area contributed by atoms with Crippen LogP contribution in [0.4, 0.5) is 0 Å². The number of aromatic nitrogens is 1. The molecule has 3 nitrogen and oxygen atoms in total. The summed E-state index contributed by atoms with van der Waals surface area (Å²) < 4.78 is 1.91. The average Bonchev–Trinajstić information content (AvgIpc) is 2.58. The van der Waals surface area contributed by atoms with Crippen molar-refractivity contribution in [1.29, 1.82) is 0 Å². The fourth-order valence-corrected chi connectivity index (χ4v) is 2.68. The van der Waals surface area contributed by atoms with Gasteiger partial charge >= 0.3 is 5.97 Å². The van der Waals surface area contributed by atoms with E-state index in [1.807, 2.05) is 37.5 Å². The molecular formula is C14H16ClNO2. The van der Waals surface area contributed by atoms with Gasteiger partial charge in [-0.25, -0.2) is 4.79 Å². The van der Waals surface area contributed by atoms with E-state index in [1.54, 1.807) is 0 Å². The molecule has 0 radical (unpaired) electrons. The van der Waals surface area contributed by atoms with Crippen LogP contribution < -0.4 is 0 Å². The smallest absolute Gasteiger partial charge is 0.339 e. The monoisotopic (exact) mass is 265 g/mol. The molecule has 2 rings (SSSR count). The average molecular weight is 266 g/mol. The summed E-state index contributed by atoms with van der Waals surface area (Å²) in [7, 11) is 0. The molecule has 4 heteroatoms. The van der Waals surface area contributed by atoms with Crippen molar-refractivity contribution in [2.45, 2.75) is 33.7 Å². The lowest BCUT2D eigenvalue weighted by atomic mass is 10.0. The molecule has 0 aliphatic heterocycles. The number of hydrogen-bond donors (Lipinski definition) is 1. The summed E-state index contributed by atoms with van der Waals surface area (Å²) in [5.41, 5.74) is 3.39. The maximum absolute atomic E-state index is 11.4. The highest BCUT2D eigenvalue weighted by atomic mass is 35.5. The normalized spacial score (nSPS) is 11.1. The van der Waals surface area contributed by atoms with Crippen molar-refractivity contribution < 1.29 is 9.90 Å². The Balaban J connectivity index is 2.92. The molecule has 0 atom stereocenters. The Morgan fingerprint density at radius 2 is 2.06 bits per heavy atom. The fraction of sp³-hybridized carbons (Fsp3) is 0.357. The first-order chi connectivity index (χ1) is 8.49. The number of hydrogen-bond acceptors (Lipinski definition) is 1. The number of carboxylic acid groups (broad SMARTS) is 1. The van der Waals surface area contributed by atoms with Crippen molar-refractivity contribution in [2.24, 2.45) is 0 Å². The summed E-state index contributed by atoms with van der Waals surface area (Å²) in [5.74, 6) is -0.969. The van der Waals surface area contributed by atoms with Gasteiger partial charge in [0.2, 0.25) is 0 Å². The number of carbonyl (C=O) groups is 1. The first-order valence-electron chi connectivity index (χ1n) is 6.00. The summed E-state index contributed by atoms with van der Waals surface area (Å²) in [4.78, 5) is 11.4. The Labute approximate surface area is 111 Å². The SMILES string of the molecule is CCCn1c(Cl)c(C(=O)O)c2ccc(C)c(C)c21. The predicted octanol–water partition coefficient (Wildman–Crippen LogP) is 4.02. The van der Waals surface area contributed by atoms with Gasteiger partial charge < -0.3 is 9.67 Å². The standard InChI is InChI=1S/C14H16ClNO2/c1-4-7-16-12-9(3)8(2)5-6-10(12)11(13(16)15)14(17)18/h5-6H,4,7H2,1-3H3,(H,17,18). The van der Waals surface area contributed by atoms with Crippen LogP contribution in [0.1, 0.15) is 34.8 Å². The second-order valence-electron chi connectivity index (χ2n) is 4.53. The van der Waals surface area contributed by atoms with Crippen LogP contribution >= 0.6 is 11.6 Å². The van der Waals surface area contributed by atoms with Crippen LogP contribution in [-0.4, -0.2) is 15.6 Å². The largest absolute Gasteiger partial charge is 0.478 e. The molecule has 0 amide bonds. The van der Waals surface area contributed by atoms with Crippen LogP contribution in [0.2, 0.25) is 5.15 Å². The van der Waals surface area contributed by atoms with E-state index in [4.69, 9.17) is 11.6 Å². The lowest BCUT2D eigenvalue weighted by molar-refractivity contribution is 0.0699. The highest BCUT2D eigenvalue weighted by Gasteiger charge is 2.22. The van der Waals surface area contributed by atoms with Gasteiger partial charge in [-0.05, 0) is 31.4 Å². The van der Waals surface area contributed by atoms with Crippen LogP contribution in [0.15, 0.2) is 12.1 Å². The van der Waals surface area contributed by atoms with E-state index in [1.165, 1.54) is 0 Å². The van der Waals surface area contributed by atoms with Gasteiger partial charge in [-0.15, -0.1) is 0 Å². The molecule has 1 N–H and O–H groups in total. The van der Waals surface area contributed by atoms with Gasteiger partial charge in [0.15, 0.2) is 0 Å². The number of rotatable bonds is 3. The van der Waals surface area contributed by atoms with E-state index in [0.717, 1.165) is 35.0 Å². The maximum Gasteiger partial charge on any atom is 0.339 e. The van der Waals surface area contributed by atoms with Crippen LogP contribution in [0.3, 0.4) is 0 Å².